The number of nitrogens with one attached hydrogen (secondary N) is 1. The summed E-state index contributed by atoms with van der Waals surface area (Å²) in [5, 5.41) is 4.99. The fourth-order valence-corrected chi connectivity index (χ4v) is 3.46. The highest BCUT2D eigenvalue weighted by Crippen LogP contribution is 2.29. The van der Waals surface area contributed by atoms with E-state index in [-0.39, 0.29) is 5.91 Å². The zero-order chi connectivity index (χ0) is 18.1. The van der Waals surface area contributed by atoms with Crippen LogP contribution in [-0.4, -0.2) is 35.1 Å². The highest BCUT2D eigenvalue weighted by atomic mass is 32.1. The maximum atomic E-state index is 12.8. The normalized spacial score (nSPS) is 18.5. The molecule has 2 rings (SSSR count). The van der Waals surface area contributed by atoms with Gasteiger partial charge in [-0.25, -0.2) is 4.79 Å². The van der Waals surface area contributed by atoms with E-state index >= 15 is 0 Å². The summed E-state index contributed by atoms with van der Waals surface area (Å²) >= 11 is 1.60. The number of carbonyl (C=O) groups excluding carboxylic acids is 2. The summed E-state index contributed by atoms with van der Waals surface area (Å²) in [6.45, 7) is 13.8. The third-order valence-electron chi connectivity index (χ3n) is 3.90. The molecular weight excluding hydrogens is 324 g/mol. The Balaban J connectivity index is 2.17. The number of aryl methyl sites for hydroxylation is 2. The Morgan fingerprint density at radius 1 is 1.38 bits per heavy atom. The van der Waals surface area contributed by atoms with Gasteiger partial charge in [-0.3, -0.25) is 9.69 Å². The van der Waals surface area contributed by atoms with Gasteiger partial charge in [0.15, 0.2) is 0 Å². The SMILES string of the molecule is C=C1CCN(C(=O)OC(C)(C)C)C(C(=O)Nc2c(C)csc2C)C1. The van der Waals surface area contributed by atoms with Gasteiger partial charge in [-0.15, -0.1) is 11.3 Å². The summed E-state index contributed by atoms with van der Waals surface area (Å²) < 4.78 is 5.45. The lowest BCUT2D eigenvalue weighted by Gasteiger charge is -2.36. The Kier molecular flexibility index (Phi) is 5.38. The van der Waals surface area contributed by atoms with Crippen LogP contribution in [0.4, 0.5) is 10.5 Å². The monoisotopic (exact) mass is 350 g/mol. The van der Waals surface area contributed by atoms with Crippen LogP contribution in [0.3, 0.4) is 0 Å². The van der Waals surface area contributed by atoms with E-state index in [1.807, 2.05) is 40.0 Å². The number of thiophene rings is 1. The number of anilines is 1. The van der Waals surface area contributed by atoms with Gasteiger partial charge in [0.05, 0.1) is 5.69 Å². The highest BCUT2D eigenvalue weighted by Gasteiger charge is 2.36. The Morgan fingerprint density at radius 2 is 2.04 bits per heavy atom. The third-order valence-corrected chi connectivity index (χ3v) is 4.93. The van der Waals surface area contributed by atoms with Crippen LogP contribution in [0.25, 0.3) is 0 Å². The van der Waals surface area contributed by atoms with E-state index in [0.717, 1.165) is 21.7 Å². The molecule has 0 aliphatic carbocycles. The van der Waals surface area contributed by atoms with Crippen molar-refractivity contribution in [2.45, 2.75) is 59.1 Å². The molecule has 1 aromatic heterocycles. The number of hydrogen-bond acceptors (Lipinski definition) is 4. The predicted molar refractivity (Wildman–Crippen MR) is 97.5 cm³/mol. The molecule has 5 nitrogen and oxygen atoms in total. The molecular formula is C18H26N2O3S. The van der Waals surface area contributed by atoms with Crippen LogP contribution in [0.1, 0.15) is 44.1 Å². The van der Waals surface area contributed by atoms with E-state index in [2.05, 4.69) is 11.9 Å². The zero-order valence-electron chi connectivity index (χ0n) is 15.1. The second kappa shape index (κ2) is 6.97. The van der Waals surface area contributed by atoms with Crippen molar-refractivity contribution in [3.8, 4) is 0 Å². The van der Waals surface area contributed by atoms with Crippen molar-refractivity contribution >= 4 is 29.0 Å². The minimum absolute atomic E-state index is 0.189. The van der Waals surface area contributed by atoms with Gasteiger partial charge in [-0.2, -0.15) is 0 Å². The number of likely N-dealkylation sites (tertiary alicyclic amines) is 1. The molecule has 1 fully saturated rings. The van der Waals surface area contributed by atoms with E-state index in [0.29, 0.717) is 19.4 Å². The van der Waals surface area contributed by atoms with Crippen LogP contribution in [-0.2, 0) is 9.53 Å². The number of piperidine rings is 1. The minimum Gasteiger partial charge on any atom is -0.444 e. The lowest BCUT2D eigenvalue weighted by molar-refractivity contribution is -0.121. The van der Waals surface area contributed by atoms with Crippen LogP contribution >= 0.6 is 11.3 Å². The van der Waals surface area contributed by atoms with Crippen LogP contribution < -0.4 is 5.32 Å². The van der Waals surface area contributed by atoms with Gasteiger partial charge in [-0.1, -0.05) is 12.2 Å². The highest BCUT2D eigenvalue weighted by molar-refractivity contribution is 7.10. The molecule has 0 saturated carbocycles. The van der Waals surface area contributed by atoms with Gasteiger partial charge >= 0.3 is 6.09 Å². The van der Waals surface area contributed by atoms with Crippen LogP contribution in [0.2, 0.25) is 0 Å². The molecule has 2 amide bonds. The summed E-state index contributed by atoms with van der Waals surface area (Å²) in [6, 6.07) is -0.584. The average molecular weight is 350 g/mol. The molecule has 0 aromatic carbocycles. The van der Waals surface area contributed by atoms with E-state index in [9.17, 15) is 9.59 Å². The number of rotatable bonds is 2. The lowest BCUT2D eigenvalue weighted by atomic mass is 9.97. The second-order valence-corrected chi connectivity index (χ2v) is 8.32. The smallest absolute Gasteiger partial charge is 0.410 e. The fourth-order valence-electron chi connectivity index (χ4n) is 2.66. The van der Waals surface area contributed by atoms with Gasteiger partial charge in [0.1, 0.15) is 11.6 Å². The van der Waals surface area contributed by atoms with Crippen molar-refractivity contribution in [1.29, 1.82) is 0 Å². The van der Waals surface area contributed by atoms with Crippen LogP contribution in [0, 0.1) is 13.8 Å². The van der Waals surface area contributed by atoms with E-state index in [1.165, 1.54) is 4.90 Å². The molecule has 2 heterocycles. The molecule has 6 heteroatoms. The average Bonchev–Trinajstić information content (AvgIpc) is 2.77. The van der Waals surface area contributed by atoms with Gasteiger partial charge in [0.2, 0.25) is 5.91 Å². The van der Waals surface area contributed by atoms with Crippen molar-refractivity contribution in [2.75, 3.05) is 11.9 Å². The second-order valence-electron chi connectivity index (χ2n) is 7.23. The molecule has 24 heavy (non-hydrogen) atoms. The molecule has 1 saturated heterocycles. The maximum Gasteiger partial charge on any atom is 0.410 e. The first-order valence-corrected chi connectivity index (χ1v) is 8.98. The maximum absolute atomic E-state index is 12.8. The Hall–Kier alpha value is -1.82. The predicted octanol–water partition coefficient (Wildman–Crippen LogP) is 4.26. The van der Waals surface area contributed by atoms with Crippen molar-refractivity contribution < 1.29 is 14.3 Å². The van der Waals surface area contributed by atoms with E-state index < -0.39 is 17.7 Å². The quantitative estimate of drug-likeness (QED) is 0.811. The number of amides is 2. The Labute approximate surface area is 147 Å². The molecule has 1 unspecified atom stereocenters. The minimum atomic E-state index is -0.590. The first-order valence-electron chi connectivity index (χ1n) is 8.10. The number of ether oxygens (including phenoxy) is 1. The summed E-state index contributed by atoms with van der Waals surface area (Å²) in [5.74, 6) is -0.189. The lowest BCUT2D eigenvalue weighted by Crippen LogP contribution is -2.51. The van der Waals surface area contributed by atoms with E-state index in [4.69, 9.17) is 4.74 Å². The fraction of sp³-hybridized carbons (Fsp3) is 0.556. The standard InChI is InChI=1S/C18H26N2O3S/c1-11-7-8-20(17(22)23-18(4,5)6)14(9-11)16(21)19-15-12(2)10-24-13(15)3/h10,14H,1,7-9H2,2-6H3,(H,19,21). The molecule has 132 valence electrons. The van der Waals surface area contributed by atoms with Crippen molar-refractivity contribution in [2.24, 2.45) is 0 Å². The van der Waals surface area contributed by atoms with Gasteiger partial charge in [-0.05, 0) is 58.4 Å². The van der Waals surface area contributed by atoms with Crippen molar-refractivity contribution in [3.05, 3.63) is 28.0 Å². The summed E-state index contributed by atoms with van der Waals surface area (Å²) in [7, 11) is 0. The topological polar surface area (TPSA) is 58.6 Å². The number of carbonyl (C=O) groups is 2. The first-order chi connectivity index (χ1) is 11.1. The molecule has 1 aliphatic rings. The van der Waals surface area contributed by atoms with Crippen molar-refractivity contribution in [1.82, 2.24) is 4.90 Å². The molecule has 0 radical (unpaired) electrons. The van der Waals surface area contributed by atoms with Crippen LogP contribution in [0.5, 0.6) is 0 Å². The van der Waals surface area contributed by atoms with E-state index in [1.54, 1.807) is 11.3 Å². The first kappa shape index (κ1) is 18.5. The summed E-state index contributed by atoms with van der Waals surface area (Å²) in [6.07, 6.45) is 0.709. The number of nitrogens with zero attached hydrogens (tertiary/aromatic N) is 1. The van der Waals surface area contributed by atoms with Gasteiger partial charge < -0.3 is 10.1 Å². The number of hydrogen-bond donors (Lipinski definition) is 1. The Bertz CT molecular complexity index is 638. The summed E-state index contributed by atoms with van der Waals surface area (Å²) in [4.78, 5) is 27.8. The van der Waals surface area contributed by atoms with Gasteiger partial charge in [0.25, 0.3) is 0 Å². The molecule has 1 N–H and O–H groups in total. The van der Waals surface area contributed by atoms with Crippen molar-refractivity contribution in [3.63, 3.8) is 0 Å². The van der Waals surface area contributed by atoms with Gasteiger partial charge in [0, 0.05) is 11.4 Å². The molecule has 0 spiro atoms. The molecule has 1 aromatic rings. The third kappa shape index (κ3) is 4.38. The zero-order valence-corrected chi connectivity index (χ0v) is 15.9. The Morgan fingerprint density at radius 3 is 2.58 bits per heavy atom. The summed E-state index contributed by atoms with van der Waals surface area (Å²) in [5.41, 5.74) is 2.26. The largest absolute Gasteiger partial charge is 0.444 e. The molecule has 1 atom stereocenters. The molecule has 0 bridgehead atoms. The molecule has 1 aliphatic heterocycles. The van der Waals surface area contributed by atoms with Crippen LogP contribution in [0.15, 0.2) is 17.5 Å².